The number of benzene rings is 2. The van der Waals surface area contributed by atoms with E-state index < -0.39 is 11.9 Å². The third kappa shape index (κ3) is 3.44. The van der Waals surface area contributed by atoms with E-state index in [1.165, 1.54) is 36.4 Å². The number of hydrogen-bond donors (Lipinski definition) is 2. The number of carboxylic acid groups (broad SMARTS) is 2. The fourth-order valence-electron chi connectivity index (χ4n) is 2.56. The lowest BCUT2D eigenvalue weighted by atomic mass is 9.94. The van der Waals surface area contributed by atoms with Crippen molar-refractivity contribution >= 4 is 34.7 Å². The zero-order valence-electron chi connectivity index (χ0n) is 12.9. The molecule has 0 unspecified atom stereocenters. The molecule has 0 aromatic heterocycles. The van der Waals surface area contributed by atoms with Crippen LogP contribution in [0.2, 0.25) is 5.02 Å². The summed E-state index contributed by atoms with van der Waals surface area (Å²) in [5, 5.41) is 19.7. The van der Waals surface area contributed by atoms with Crippen LogP contribution >= 0.6 is 11.6 Å². The second kappa shape index (κ2) is 6.86. The first-order valence-electron chi connectivity index (χ1n) is 7.34. The Kier molecular flexibility index (Phi) is 4.63. The van der Waals surface area contributed by atoms with Crippen LogP contribution in [0.3, 0.4) is 0 Å². The highest BCUT2D eigenvalue weighted by Crippen LogP contribution is 2.35. The summed E-state index contributed by atoms with van der Waals surface area (Å²) in [5.74, 6) is -1.84. The molecule has 7 heteroatoms. The van der Waals surface area contributed by atoms with E-state index in [4.69, 9.17) is 21.1 Å². The number of halogens is 1. The summed E-state index contributed by atoms with van der Waals surface area (Å²) in [7, 11) is 0. The summed E-state index contributed by atoms with van der Waals surface area (Å²) in [6.07, 6.45) is 0. The van der Waals surface area contributed by atoms with Gasteiger partial charge in [0.2, 0.25) is 0 Å². The van der Waals surface area contributed by atoms with Gasteiger partial charge in [0.25, 0.3) is 0 Å². The van der Waals surface area contributed by atoms with Gasteiger partial charge in [0.05, 0.1) is 11.1 Å². The van der Waals surface area contributed by atoms with Crippen molar-refractivity contribution in [2.75, 3.05) is 13.2 Å². The average molecular weight is 361 g/mol. The molecule has 2 N–H and O–H groups in total. The van der Waals surface area contributed by atoms with Crippen LogP contribution in [0.1, 0.15) is 11.1 Å². The summed E-state index contributed by atoms with van der Waals surface area (Å²) in [6, 6.07) is 10.5. The standard InChI is InChI=1S/C18H13ClO6/c19-12-4-1-10(2-5-12)15(17(20)21)16(18(22)23)11-3-6-13-14(9-11)25-8-7-24-13/h1-6,9H,7-8H2,(H,20,21)(H,22,23)/b16-15-. The van der Waals surface area contributed by atoms with Crippen molar-refractivity contribution in [3.05, 3.63) is 58.6 Å². The predicted molar refractivity (Wildman–Crippen MR) is 91.0 cm³/mol. The van der Waals surface area contributed by atoms with Crippen LogP contribution < -0.4 is 9.47 Å². The first kappa shape index (κ1) is 16.9. The zero-order valence-corrected chi connectivity index (χ0v) is 13.6. The smallest absolute Gasteiger partial charge is 0.337 e. The normalized spacial score (nSPS) is 13.8. The van der Waals surface area contributed by atoms with E-state index in [2.05, 4.69) is 0 Å². The molecule has 128 valence electrons. The Labute approximate surface area is 147 Å². The van der Waals surface area contributed by atoms with Crippen molar-refractivity contribution in [3.8, 4) is 11.5 Å². The number of hydrogen-bond acceptors (Lipinski definition) is 4. The number of carboxylic acids is 2. The fourth-order valence-corrected chi connectivity index (χ4v) is 2.69. The highest BCUT2D eigenvalue weighted by atomic mass is 35.5. The first-order chi connectivity index (χ1) is 12.0. The predicted octanol–water partition coefficient (Wildman–Crippen LogP) is 3.19. The number of rotatable bonds is 4. The SMILES string of the molecule is O=C(O)/C(=C(\C(=O)O)c1ccc2c(c1)OCCO2)c1ccc(Cl)cc1. The topological polar surface area (TPSA) is 93.1 Å². The lowest BCUT2D eigenvalue weighted by molar-refractivity contribution is -0.132. The van der Waals surface area contributed by atoms with Crippen molar-refractivity contribution in [1.29, 1.82) is 0 Å². The second-order valence-corrected chi connectivity index (χ2v) is 5.66. The van der Waals surface area contributed by atoms with Crippen molar-refractivity contribution in [3.63, 3.8) is 0 Å². The maximum absolute atomic E-state index is 11.8. The van der Waals surface area contributed by atoms with E-state index >= 15 is 0 Å². The van der Waals surface area contributed by atoms with Crippen molar-refractivity contribution in [1.82, 2.24) is 0 Å². The monoisotopic (exact) mass is 360 g/mol. The van der Waals surface area contributed by atoms with Gasteiger partial charge in [-0.1, -0.05) is 29.8 Å². The Bertz CT molecular complexity index is 870. The quantitative estimate of drug-likeness (QED) is 0.642. The van der Waals surface area contributed by atoms with Gasteiger partial charge in [-0.2, -0.15) is 0 Å². The van der Waals surface area contributed by atoms with E-state index in [9.17, 15) is 19.8 Å². The van der Waals surface area contributed by atoms with Gasteiger partial charge in [-0.25, -0.2) is 9.59 Å². The molecule has 25 heavy (non-hydrogen) atoms. The third-order valence-electron chi connectivity index (χ3n) is 3.64. The highest BCUT2D eigenvalue weighted by molar-refractivity contribution is 6.36. The first-order valence-corrected chi connectivity index (χ1v) is 7.72. The van der Waals surface area contributed by atoms with Crippen LogP contribution in [0.5, 0.6) is 11.5 Å². The molecule has 0 atom stereocenters. The van der Waals surface area contributed by atoms with Gasteiger partial charge in [-0.05, 0) is 35.4 Å². The van der Waals surface area contributed by atoms with Gasteiger partial charge in [0.1, 0.15) is 13.2 Å². The van der Waals surface area contributed by atoms with Crippen LogP contribution in [0.15, 0.2) is 42.5 Å². The van der Waals surface area contributed by atoms with Gasteiger partial charge in [-0.3, -0.25) is 0 Å². The Hall–Kier alpha value is -2.99. The summed E-state index contributed by atoms with van der Waals surface area (Å²) in [5.41, 5.74) is -0.221. The number of aliphatic carboxylic acids is 2. The van der Waals surface area contributed by atoms with Crippen LogP contribution in [0.25, 0.3) is 11.1 Å². The maximum atomic E-state index is 11.8. The molecule has 1 heterocycles. The van der Waals surface area contributed by atoms with Gasteiger partial charge >= 0.3 is 11.9 Å². The van der Waals surface area contributed by atoms with Gasteiger partial charge < -0.3 is 19.7 Å². The molecule has 0 saturated heterocycles. The molecule has 0 aliphatic carbocycles. The van der Waals surface area contributed by atoms with E-state index in [0.29, 0.717) is 29.7 Å². The van der Waals surface area contributed by atoms with Gasteiger partial charge in [0.15, 0.2) is 11.5 Å². The lowest BCUT2D eigenvalue weighted by Crippen LogP contribution is -2.16. The van der Waals surface area contributed by atoms with Crippen LogP contribution in [0, 0.1) is 0 Å². The molecule has 2 aromatic carbocycles. The molecule has 0 saturated carbocycles. The number of ether oxygens (including phenoxy) is 2. The molecule has 0 radical (unpaired) electrons. The minimum absolute atomic E-state index is 0.212. The van der Waals surface area contributed by atoms with Crippen LogP contribution in [0.4, 0.5) is 0 Å². The van der Waals surface area contributed by atoms with E-state index in [1.807, 2.05) is 0 Å². The van der Waals surface area contributed by atoms with Gasteiger partial charge in [-0.15, -0.1) is 0 Å². The lowest BCUT2D eigenvalue weighted by Gasteiger charge is -2.19. The molecule has 0 amide bonds. The summed E-state index contributed by atoms with van der Waals surface area (Å²) < 4.78 is 10.9. The Balaban J connectivity index is 2.21. The zero-order chi connectivity index (χ0) is 18.0. The van der Waals surface area contributed by atoms with Crippen molar-refractivity contribution < 1.29 is 29.3 Å². The fraction of sp³-hybridized carbons (Fsp3) is 0.111. The molecule has 2 aromatic rings. The Morgan fingerprint density at radius 3 is 1.92 bits per heavy atom. The van der Waals surface area contributed by atoms with Crippen molar-refractivity contribution in [2.24, 2.45) is 0 Å². The second-order valence-electron chi connectivity index (χ2n) is 5.23. The molecule has 0 fully saturated rings. The van der Waals surface area contributed by atoms with Crippen molar-refractivity contribution in [2.45, 2.75) is 0 Å². The average Bonchev–Trinajstić information content (AvgIpc) is 2.59. The third-order valence-corrected chi connectivity index (χ3v) is 3.89. The number of fused-ring (bicyclic) bond motifs is 1. The molecular formula is C18H13ClO6. The molecule has 0 spiro atoms. The Morgan fingerprint density at radius 2 is 1.32 bits per heavy atom. The minimum Gasteiger partial charge on any atom is -0.486 e. The molecule has 3 rings (SSSR count). The highest BCUT2D eigenvalue weighted by Gasteiger charge is 2.25. The summed E-state index contributed by atoms with van der Waals surface area (Å²) in [6.45, 7) is 0.741. The van der Waals surface area contributed by atoms with E-state index in [1.54, 1.807) is 6.07 Å². The molecule has 1 aliphatic heterocycles. The maximum Gasteiger partial charge on any atom is 0.337 e. The summed E-state index contributed by atoms with van der Waals surface area (Å²) in [4.78, 5) is 23.6. The van der Waals surface area contributed by atoms with Crippen LogP contribution in [-0.4, -0.2) is 35.4 Å². The minimum atomic E-state index is -1.36. The molecule has 0 bridgehead atoms. The molecule has 1 aliphatic rings. The number of carbonyl (C=O) groups is 2. The largest absolute Gasteiger partial charge is 0.486 e. The summed E-state index contributed by atoms with van der Waals surface area (Å²) >= 11 is 5.82. The molecular weight excluding hydrogens is 348 g/mol. The van der Waals surface area contributed by atoms with E-state index in [-0.39, 0.29) is 22.3 Å². The molecule has 6 nitrogen and oxygen atoms in total. The van der Waals surface area contributed by atoms with Gasteiger partial charge in [0, 0.05) is 5.02 Å². The van der Waals surface area contributed by atoms with Crippen LogP contribution in [-0.2, 0) is 9.59 Å². The van der Waals surface area contributed by atoms with E-state index in [0.717, 1.165) is 0 Å². The Morgan fingerprint density at radius 1 is 0.800 bits per heavy atom.